The Kier molecular flexibility index (Phi) is 3.69. The Hall–Kier alpha value is -1.46. The quantitative estimate of drug-likeness (QED) is 0.754. The second-order valence-corrected chi connectivity index (χ2v) is 10.4. The van der Waals surface area contributed by atoms with Crippen molar-refractivity contribution in [2.45, 2.75) is 39.3 Å². The van der Waals surface area contributed by atoms with Gasteiger partial charge in [0, 0.05) is 11.1 Å². The largest absolute Gasteiger partial charge is 0.298 e. The van der Waals surface area contributed by atoms with Crippen molar-refractivity contribution in [1.82, 2.24) is 0 Å². The second kappa shape index (κ2) is 5.53. The lowest BCUT2D eigenvalue weighted by molar-refractivity contribution is -0.127. The summed E-state index contributed by atoms with van der Waals surface area (Å²) >= 11 is 0. The molecule has 0 amide bonds. The zero-order valence-corrected chi connectivity index (χ0v) is 15.6. The van der Waals surface area contributed by atoms with Crippen LogP contribution in [-0.4, -0.2) is 11.4 Å². The van der Waals surface area contributed by atoms with Gasteiger partial charge in [0.1, 0.15) is 5.78 Å². The highest BCUT2D eigenvalue weighted by Crippen LogP contribution is 2.69. The molecule has 24 heavy (non-hydrogen) atoms. The maximum atomic E-state index is 13.5. The number of carbonyl (C=O) groups excluding carboxylic acids is 1. The molecule has 2 bridgehead atoms. The molecule has 0 aromatic heterocycles. The van der Waals surface area contributed by atoms with E-state index in [1.54, 1.807) is 0 Å². The zero-order valence-electron chi connectivity index (χ0n) is 14.7. The van der Waals surface area contributed by atoms with Crippen molar-refractivity contribution in [3.63, 3.8) is 0 Å². The minimum absolute atomic E-state index is 0.110. The summed E-state index contributed by atoms with van der Waals surface area (Å²) in [7, 11) is -0.646. The van der Waals surface area contributed by atoms with E-state index in [1.165, 1.54) is 17.0 Å². The van der Waals surface area contributed by atoms with E-state index >= 15 is 0 Å². The molecule has 3 atom stereocenters. The first kappa shape index (κ1) is 16.0. The number of fused-ring (bicyclic) bond motifs is 2. The monoisotopic (exact) mass is 336 g/mol. The fourth-order valence-electron chi connectivity index (χ4n) is 4.98. The number of carbonyl (C=O) groups is 1. The molecule has 2 fully saturated rings. The maximum absolute atomic E-state index is 13.5. The van der Waals surface area contributed by atoms with Gasteiger partial charge in [-0.05, 0) is 42.7 Å². The summed E-state index contributed by atoms with van der Waals surface area (Å²) in [4.78, 5) is 13.5. The van der Waals surface area contributed by atoms with E-state index in [9.17, 15) is 4.79 Å². The van der Waals surface area contributed by atoms with Crippen LogP contribution in [0.15, 0.2) is 60.7 Å². The molecule has 1 nitrogen and oxygen atoms in total. The summed E-state index contributed by atoms with van der Waals surface area (Å²) in [5.41, 5.74) is 0.129. The first-order chi connectivity index (χ1) is 11.5. The third-order valence-electron chi connectivity index (χ3n) is 6.84. The fraction of sp³-hybridized carbons (Fsp3) is 0.409. The van der Waals surface area contributed by atoms with Crippen LogP contribution in [0.2, 0.25) is 0 Å². The van der Waals surface area contributed by atoms with Gasteiger partial charge in [-0.1, -0.05) is 81.4 Å². The number of benzene rings is 2. The summed E-state index contributed by atoms with van der Waals surface area (Å²) in [5, 5.41) is 2.67. The van der Waals surface area contributed by atoms with Gasteiger partial charge in [-0.15, -0.1) is 0 Å². The van der Waals surface area contributed by atoms with Gasteiger partial charge in [-0.2, -0.15) is 0 Å². The number of hydrogen-bond donors (Lipinski definition) is 0. The molecule has 2 aliphatic rings. The summed E-state index contributed by atoms with van der Waals surface area (Å²) in [6.07, 6.45) is 2.26. The Morgan fingerprint density at radius 3 is 1.79 bits per heavy atom. The zero-order chi connectivity index (χ0) is 16.9. The van der Waals surface area contributed by atoms with E-state index < -0.39 is 7.92 Å². The molecule has 0 N–H and O–H groups in total. The summed E-state index contributed by atoms with van der Waals surface area (Å²) in [6, 6.07) is 21.4. The van der Waals surface area contributed by atoms with Crippen molar-refractivity contribution in [1.29, 1.82) is 0 Å². The molecule has 124 valence electrons. The van der Waals surface area contributed by atoms with E-state index in [1.807, 2.05) is 0 Å². The molecule has 0 heterocycles. The number of rotatable bonds is 3. The highest BCUT2D eigenvalue weighted by Gasteiger charge is 2.67. The van der Waals surface area contributed by atoms with Gasteiger partial charge in [0.05, 0.1) is 0 Å². The SMILES string of the molecule is CC12CCC([C@H](P(c3ccccc3)c3ccccc3)C1=O)C2(C)C. The van der Waals surface area contributed by atoms with Crippen molar-refractivity contribution in [3.05, 3.63) is 60.7 Å². The van der Waals surface area contributed by atoms with Crippen LogP contribution in [0.1, 0.15) is 33.6 Å². The first-order valence-corrected chi connectivity index (χ1v) is 10.3. The topological polar surface area (TPSA) is 17.1 Å². The first-order valence-electron chi connectivity index (χ1n) is 8.90. The van der Waals surface area contributed by atoms with Gasteiger partial charge in [-0.3, -0.25) is 4.79 Å². The minimum Gasteiger partial charge on any atom is -0.298 e. The van der Waals surface area contributed by atoms with Gasteiger partial charge in [0.2, 0.25) is 0 Å². The molecule has 4 rings (SSSR count). The summed E-state index contributed by atoms with van der Waals surface area (Å²) in [5.74, 6) is 1.02. The van der Waals surface area contributed by atoms with Crippen LogP contribution in [0.3, 0.4) is 0 Å². The summed E-state index contributed by atoms with van der Waals surface area (Å²) < 4.78 is 0. The lowest BCUT2D eigenvalue weighted by atomic mass is 9.70. The molecule has 2 unspecified atom stereocenters. The van der Waals surface area contributed by atoms with E-state index in [0.29, 0.717) is 11.7 Å². The Morgan fingerprint density at radius 1 is 0.875 bits per heavy atom. The Balaban J connectivity index is 1.86. The van der Waals surface area contributed by atoms with Gasteiger partial charge in [0.25, 0.3) is 0 Å². The van der Waals surface area contributed by atoms with Crippen molar-refractivity contribution >= 4 is 24.3 Å². The minimum atomic E-state index is -0.646. The van der Waals surface area contributed by atoms with Crippen LogP contribution in [0.25, 0.3) is 0 Å². The van der Waals surface area contributed by atoms with Gasteiger partial charge >= 0.3 is 0 Å². The second-order valence-electron chi connectivity index (χ2n) is 8.05. The molecular weight excluding hydrogens is 311 g/mol. The number of hydrogen-bond acceptors (Lipinski definition) is 1. The van der Waals surface area contributed by atoms with E-state index in [-0.39, 0.29) is 16.5 Å². The molecule has 0 radical (unpaired) electrons. The fourth-order valence-corrected chi connectivity index (χ4v) is 8.31. The molecule has 2 saturated carbocycles. The van der Waals surface area contributed by atoms with Crippen LogP contribution in [0.5, 0.6) is 0 Å². The van der Waals surface area contributed by atoms with Crippen LogP contribution >= 0.6 is 7.92 Å². The summed E-state index contributed by atoms with van der Waals surface area (Å²) in [6.45, 7) is 6.87. The van der Waals surface area contributed by atoms with Crippen LogP contribution in [0.4, 0.5) is 0 Å². The van der Waals surface area contributed by atoms with Crippen molar-refractivity contribution in [2.24, 2.45) is 16.7 Å². The molecule has 0 spiro atoms. The Morgan fingerprint density at radius 2 is 1.38 bits per heavy atom. The smallest absolute Gasteiger partial charge is 0.147 e. The van der Waals surface area contributed by atoms with Crippen LogP contribution < -0.4 is 10.6 Å². The molecule has 2 aromatic rings. The Labute approximate surface area is 146 Å². The van der Waals surface area contributed by atoms with Gasteiger partial charge in [-0.25, -0.2) is 0 Å². The lowest BCUT2D eigenvalue weighted by Crippen LogP contribution is -2.37. The van der Waals surface area contributed by atoms with Gasteiger partial charge in [0.15, 0.2) is 0 Å². The van der Waals surface area contributed by atoms with Crippen LogP contribution in [-0.2, 0) is 4.79 Å². The standard InChI is InChI=1S/C22H25OP/c1-21(2)18-14-15-22(21,3)20(23)19(18)24(16-10-6-4-7-11-16)17-12-8-5-9-13-17/h4-13,18-19H,14-15H2,1-3H3/t18?,19-,22?/m0/s1. The third kappa shape index (κ3) is 2.07. The molecule has 2 aliphatic carbocycles. The van der Waals surface area contributed by atoms with Crippen molar-refractivity contribution in [3.8, 4) is 0 Å². The highest BCUT2D eigenvalue weighted by molar-refractivity contribution is 7.74. The Bertz CT molecular complexity index is 713. The predicted octanol–water partition coefficient (Wildman–Crippen LogP) is 4.51. The highest BCUT2D eigenvalue weighted by atomic mass is 31.1. The molecule has 0 aliphatic heterocycles. The molecule has 0 saturated heterocycles. The molecule has 2 heteroatoms. The maximum Gasteiger partial charge on any atom is 0.147 e. The van der Waals surface area contributed by atoms with Crippen molar-refractivity contribution in [2.75, 3.05) is 0 Å². The molecular formula is C22H25OP. The number of ketones is 1. The van der Waals surface area contributed by atoms with Crippen LogP contribution in [0, 0.1) is 16.7 Å². The normalized spacial score (nSPS) is 30.9. The van der Waals surface area contributed by atoms with E-state index in [2.05, 4.69) is 81.4 Å². The lowest BCUT2D eigenvalue weighted by Gasteiger charge is -2.32. The third-order valence-corrected chi connectivity index (χ3v) is 9.70. The number of Topliss-reactive ketones (excluding diaryl/α,β-unsaturated/α-hetero) is 1. The predicted molar refractivity (Wildman–Crippen MR) is 102 cm³/mol. The van der Waals surface area contributed by atoms with E-state index in [4.69, 9.17) is 0 Å². The van der Waals surface area contributed by atoms with E-state index in [0.717, 1.165) is 6.42 Å². The van der Waals surface area contributed by atoms with Crippen molar-refractivity contribution < 1.29 is 4.79 Å². The molecule has 2 aromatic carbocycles. The average molecular weight is 336 g/mol. The van der Waals surface area contributed by atoms with Gasteiger partial charge < -0.3 is 0 Å². The average Bonchev–Trinajstić information content (AvgIpc) is 2.91.